The molecule has 0 saturated carbocycles. The summed E-state index contributed by atoms with van der Waals surface area (Å²) in [5.41, 5.74) is 4.94. The lowest BCUT2D eigenvalue weighted by Gasteiger charge is -2.29. The van der Waals surface area contributed by atoms with Gasteiger partial charge in [-0.25, -0.2) is 4.39 Å². The molecular formula is C24H21FN4O3. The van der Waals surface area contributed by atoms with Gasteiger partial charge < -0.3 is 4.90 Å². The number of hydrogen-bond donors (Lipinski definition) is 1. The van der Waals surface area contributed by atoms with Crippen molar-refractivity contribution in [1.29, 1.82) is 0 Å². The summed E-state index contributed by atoms with van der Waals surface area (Å²) in [6.07, 6.45) is 2.22. The minimum absolute atomic E-state index is 0.211. The van der Waals surface area contributed by atoms with Crippen LogP contribution in [0.4, 0.5) is 4.39 Å². The van der Waals surface area contributed by atoms with Crippen LogP contribution < -0.4 is 5.32 Å². The molecule has 2 aliphatic rings. The van der Waals surface area contributed by atoms with Crippen LogP contribution in [0.5, 0.6) is 0 Å². The number of carbonyl (C=O) groups is 3. The van der Waals surface area contributed by atoms with Gasteiger partial charge in [0, 0.05) is 36.7 Å². The van der Waals surface area contributed by atoms with Gasteiger partial charge in [0.15, 0.2) is 0 Å². The van der Waals surface area contributed by atoms with E-state index < -0.39 is 11.9 Å². The predicted molar refractivity (Wildman–Crippen MR) is 115 cm³/mol. The van der Waals surface area contributed by atoms with Gasteiger partial charge in [-0.05, 0) is 48.7 Å². The quantitative estimate of drug-likeness (QED) is 0.645. The van der Waals surface area contributed by atoms with Gasteiger partial charge in [0.05, 0.1) is 11.9 Å². The number of carbonyl (C=O) groups excluding carboxylic acids is 3. The van der Waals surface area contributed by atoms with Crippen LogP contribution in [0.15, 0.2) is 42.6 Å². The highest BCUT2D eigenvalue weighted by Gasteiger charge is 2.39. The number of aromatic nitrogens is 2. The maximum Gasteiger partial charge on any atom is 0.255 e. The van der Waals surface area contributed by atoms with E-state index in [1.165, 1.54) is 11.0 Å². The lowest BCUT2D eigenvalue weighted by Crippen LogP contribution is -2.52. The SMILES string of the molecule is Cc1ccc(F)c(-c2c(-c3ccc4c(c3)CN(C3CCC(=O)NC3=O)C4=O)cnn2C)c1. The van der Waals surface area contributed by atoms with Crippen molar-refractivity contribution >= 4 is 17.7 Å². The van der Waals surface area contributed by atoms with Gasteiger partial charge in [-0.1, -0.05) is 17.7 Å². The van der Waals surface area contributed by atoms with Crippen molar-refractivity contribution in [1.82, 2.24) is 20.0 Å². The van der Waals surface area contributed by atoms with Gasteiger partial charge in [0.25, 0.3) is 5.91 Å². The summed E-state index contributed by atoms with van der Waals surface area (Å²) in [6.45, 7) is 2.19. The van der Waals surface area contributed by atoms with E-state index in [4.69, 9.17) is 0 Å². The van der Waals surface area contributed by atoms with Crippen LogP contribution >= 0.6 is 0 Å². The zero-order valence-corrected chi connectivity index (χ0v) is 17.7. The Morgan fingerprint density at radius 2 is 1.88 bits per heavy atom. The van der Waals surface area contributed by atoms with Gasteiger partial charge in [-0.15, -0.1) is 0 Å². The summed E-state index contributed by atoms with van der Waals surface area (Å²) in [5, 5.41) is 6.65. The molecule has 0 aliphatic carbocycles. The second kappa shape index (κ2) is 7.40. The van der Waals surface area contributed by atoms with Gasteiger partial charge in [-0.2, -0.15) is 5.10 Å². The molecule has 8 heteroatoms. The van der Waals surface area contributed by atoms with Gasteiger partial charge in [-0.3, -0.25) is 24.4 Å². The molecule has 1 fully saturated rings. The van der Waals surface area contributed by atoms with Crippen molar-refractivity contribution in [3.8, 4) is 22.4 Å². The monoisotopic (exact) mass is 432 g/mol. The number of imide groups is 1. The van der Waals surface area contributed by atoms with Crippen LogP contribution in [0.2, 0.25) is 0 Å². The van der Waals surface area contributed by atoms with E-state index in [1.807, 2.05) is 19.1 Å². The summed E-state index contributed by atoms with van der Waals surface area (Å²) < 4.78 is 16.3. The molecule has 3 aromatic rings. The number of aryl methyl sites for hydroxylation is 2. The van der Waals surface area contributed by atoms with E-state index in [0.29, 0.717) is 23.2 Å². The Morgan fingerprint density at radius 1 is 1.06 bits per heavy atom. The minimum Gasteiger partial charge on any atom is -0.322 e. The first-order valence-corrected chi connectivity index (χ1v) is 10.4. The number of halogens is 1. The Kier molecular flexibility index (Phi) is 4.65. The second-order valence-electron chi connectivity index (χ2n) is 8.29. The summed E-state index contributed by atoms with van der Waals surface area (Å²) in [4.78, 5) is 38.2. The highest BCUT2D eigenvalue weighted by Crippen LogP contribution is 2.36. The van der Waals surface area contributed by atoms with Crippen LogP contribution in [0.1, 0.15) is 34.3 Å². The van der Waals surface area contributed by atoms with Crippen molar-refractivity contribution in [2.24, 2.45) is 7.05 Å². The third-order valence-electron chi connectivity index (χ3n) is 6.15. The standard InChI is InChI=1S/C24H21FN4O3/c1-13-3-6-19(25)17(9-13)22-18(11-26-28(22)2)14-4-5-16-15(10-14)12-29(24(16)32)20-7-8-21(30)27-23(20)31/h3-6,9-11,20H,7-8,12H2,1-2H3,(H,27,30,31). The van der Waals surface area contributed by atoms with Gasteiger partial charge in [0.1, 0.15) is 11.9 Å². The smallest absolute Gasteiger partial charge is 0.255 e. The van der Waals surface area contributed by atoms with Gasteiger partial charge in [0.2, 0.25) is 11.8 Å². The first kappa shape index (κ1) is 20.1. The first-order chi connectivity index (χ1) is 15.3. The fourth-order valence-electron chi connectivity index (χ4n) is 4.53. The van der Waals surface area contributed by atoms with Crippen LogP contribution in [0.25, 0.3) is 22.4 Å². The molecule has 1 aromatic heterocycles. The number of benzene rings is 2. The molecule has 0 spiro atoms. The van der Waals surface area contributed by atoms with Crippen LogP contribution in [0.3, 0.4) is 0 Å². The van der Waals surface area contributed by atoms with E-state index in [0.717, 1.165) is 22.3 Å². The number of piperidine rings is 1. The van der Waals surface area contributed by atoms with Crippen molar-refractivity contribution in [3.05, 3.63) is 65.1 Å². The molecule has 7 nitrogen and oxygen atoms in total. The molecular weight excluding hydrogens is 411 g/mol. The third-order valence-corrected chi connectivity index (χ3v) is 6.15. The van der Waals surface area contributed by atoms with Gasteiger partial charge >= 0.3 is 0 Å². The Labute approximate surface area is 183 Å². The van der Waals surface area contributed by atoms with Crippen molar-refractivity contribution in [2.75, 3.05) is 0 Å². The molecule has 32 heavy (non-hydrogen) atoms. The summed E-state index contributed by atoms with van der Waals surface area (Å²) in [5.74, 6) is -1.31. The van der Waals surface area contributed by atoms with Crippen LogP contribution in [-0.4, -0.2) is 38.4 Å². The first-order valence-electron chi connectivity index (χ1n) is 10.4. The second-order valence-corrected chi connectivity index (χ2v) is 8.29. The number of fused-ring (bicyclic) bond motifs is 1. The normalized spacial score (nSPS) is 18.2. The fourth-order valence-corrected chi connectivity index (χ4v) is 4.53. The molecule has 162 valence electrons. The fraction of sp³-hybridized carbons (Fsp3) is 0.250. The lowest BCUT2D eigenvalue weighted by atomic mass is 9.97. The topological polar surface area (TPSA) is 84.3 Å². The molecule has 5 rings (SSSR count). The number of hydrogen-bond acceptors (Lipinski definition) is 4. The molecule has 1 unspecified atom stereocenters. The highest BCUT2D eigenvalue weighted by atomic mass is 19.1. The number of nitrogens with one attached hydrogen (secondary N) is 1. The maximum absolute atomic E-state index is 14.6. The average Bonchev–Trinajstić information content (AvgIpc) is 3.29. The predicted octanol–water partition coefficient (Wildman–Crippen LogP) is 2.96. The minimum atomic E-state index is -0.661. The van der Waals surface area contributed by atoms with E-state index in [-0.39, 0.29) is 30.6 Å². The number of amides is 3. The Hall–Kier alpha value is -3.81. The Morgan fingerprint density at radius 3 is 2.66 bits per heavy atom. The Bertz CT molecular complexity index is 1300. The van der Waals surface area contributed by atoms with E-state index in [9.17, 15) is 18.8 Å². The molecule has 0 bridgehead atoms. The van der Waals surface area contributed by atoms with E-state index in [2.05, 4.69) is 10.4 Å². The molecule has 3 amide bonds. The molecule has 2 aliphatic heterocycles. The zero-order chi connectivity index (χ0) is 22.6. The van der Waals surface area contributed by atoms with E-state index in [1.54, 1.807) is 36.1 Å². The Balaban J connectivity index is 1.52. The number of rotatable bonds is 3. The summed E-state index contributed by atoms with van der Waals surface area (Å²) >= 11 is 0. The molecule has 1 atom stereocenters. The van der Waals surface area contributed by atoms with Crippen molar-refractivity contribution in [3.63, 3.8) is 0 Å². The molecule has 0 radical (unpaired) electrons. The molecule has 2 aromatic carbocycles. The maximum atomic E-state index is 14.6. The third kappa shape index (κ3) is 3.19. The van der Waals surface area contributed by atoms with Crippen molar-refractivity contribution < 1.29 is 18.8 Å². The largest absolute Gasteiger partial charge is 0.322 e. The molecule has 1 N–H and O–H groups in total. The molecule has 3 heterocycles. The van der Waals surface area contributed by atoms with Crippen molar-refractivity contribution in [2.45, 2.75) is 32.4 Å². The van der Waals surface area contributed by atoms with E-state index >= 15 is 0 Å². The number of nitrogens with zero attached hydrogens (tertiary/aromatic N) is 3. The van der Waals surface area contributed by atoms with Crippen LogP contribution in [-0.2, 0) is 23.2 Å². The average molecular weight is 432 g/mol. The summed E-state index contributed by atoms with van der Waals surface area (Å²) in [7, 11) is 1.77. The van der Waals surface area contributed by atoms with Crippen LogP contribution in [0, 0.1) is 12.7 Å². The highest BCUT2D eigenvalue weighted by molar-refractivity contribution is 6.05. The lowest BCUT2D eigenvalue weighted by molar-refractivity contribution is -0.136. The zero-order valence-electron chi connectivity index (χ0n) is 17.7. The summed E-state index contributed by atoms with van der Waals surface area (Å²) in [6, 6.07) is 9.75. The molecule has 1 saturated heterocycles.